The van der Waals surface area contributed by atoms with E-state index in [0.717, 1.165) is 0 Å². The number of carbonyl (C=O) groups excluding carboxylic acids is 2. The van der Waals surface area contributed by atoms with Gasteiger partial charge in [0, 0.05) is 19.5 Å². The van der Waals surface area contributed by atoms with Crippen LogP contribution in [-0.4, -0.2) is 41.6 Å². The van der Waals surface area contributed by atoms with Gasteiger partial charge in [0.2, 0.25) is 5.78 Å². The van der Waals surface area contributed by atoms with Crippen molar-refractivity contribution in [3.8, 4) is 0 Å². The van der Waals surface area contributed by atoms with Gasteiger partial charge in [-0.25, -0.2) is 4.79 Å². The normalized spacial score (nSPS) is 17.7. The van der Waals surface area contributed by atoms with Crippen LogP contribution in [0.15, 0.2) is 0 Å². The second-order valence-corrected chi connectivity index (χ2v) is 6.37. The minimum atomic E-state index is -4.74. The Balaban J connectivity index is 2.33. The van der Waals surface area contributed by atoms with E-state index < -0.39 is 30.1 Å². The molecule has 0 aromatic rings. The van der Waals surface area contributed by atoms with Crippen LogP contribution in [0.3, 0.4) is 0 Å². The first-order valence-electron chi connectivity index (χ1n) is 7.07. The van der Waals surface area contributed by atoms with E-state index in [1.807, 2.05) is 0 Å². The maximum absolute atomic E-state index is 12.1. The molecule has 0 saturated carbocycles. The Labute approximate surface area is 122 Å². The van der Waals surface area contributed by atoms with E-state index in [9.17, 15) is 22.8 Å². The molecule has 0 bridgehead atoms. The van der Waals surface area contributed by atoms with Crippen LogP contribution in [0.5, 0.6) is 0 Å². The molecule has 0 aromatic carbocycles. The van der Waals surface area contributed by atoms with Crippen LogP contribution in [0.4, 0.5) is 18.0 Å². The topological polar surface area (TPSA) is 46.6 Å². The smallest absolute Gasteiger partial charge is 0.444 e. The summed E-state index contributed by atoms with van der Waals surface area (Å²) in [4.78, 5) is 24.2. The highest BCUT2D eigenvalue weighted by molar-refractivity contribution is 5.83. The molecule has 0 atom stereocenters. The summed E-state index contributed by atoms with van der Waals surface area (Å²) in [6, 6.07) is 0. The summed E-state index contributed by atoms with van der Waals surface area (Å²) in [5.74, 6) is -1.62. The zero-order valence-electron chi connectivity index (χ0n) is 12.6. The summed E-state index contributed by atoms with van der Waals surface area (Å²) >= 11 is 0. The minimum Gasteiger partial charge on any atom is -0.444 e. The highest BCUT2D eigenvalue weighted by Gasteiger charge is 2.38. The largest absolute Gasteiger partial charge is 0.449 e. The Kier molecular flexibility index (Phi) is 5.64. The lowest BCUT2D eigenvalue weighted by Crippen LogP contribution is -2.41. The number of alkyl halides is 3. The fourth-order valence-corrected chi connectivity index (χ4v) is 2.21. The van der Waals surface area contributed by atoms with Gasteiger partial charge in [-0.1, -0.05) is 0 Å². The summed E-state index contributed by atoms with van der Waals surface area (Å²) in [5.41, 5.74) is -0.562. The molecule has 1 fully saturated rings. The summed E-state index contributed by atoms with van der Waals surface area (Å²) in [6.07, 6.45) is -4.18. The van der Waals surface area contributed by atoms with Crippen molar-refractivity contribution >= 4 is 11.9 Å². The van der Waals surface area contributed by atoms with Gasteiger partial charge in [-0.05, 0) is 46.0 Å². The Morgan fingerprint density at radius 3 is 2.10 bits per heavy atom. The molecule has 0 aliphatic carbocycles. The van der Waals surface area contributed by atoms with Gasteiger partial charge in [-0.3, -0.25) is 4.79 Å². The lowest BCUT2D eigenvalue weighted by Gasteiger charge is -2.33. The Hall–Kier alpha value is -1.27. The Bertz CT molecular complexity index is 380. The van der Waals surface area contributed by atoms with Crippen LogP contribution in [-0.2, 0) is 9.53 Å². The third kappa shape index (κ3) is 6.35. The third-order valence-electron chi connectivity index (χ3n) is 3.36. The number of ether oxygens (including phenoxy) is 1. The molecule has 0 radical (unpaired) electrons. The monoisotopic (exact) mass is 309 g/mol. The average molecular weight is 309 g/mol. The summed E-state index contributed by atoms with van der Waals surface area (Å²) in [6.45, 7) is 6.25. The molecule has 0 aromatic heterocycles. The first kappa shape index (κ1) is 17.8. The van der Waals surface area contributed by atoms with E-state index in [1.54, 1.807) is 25.7 Å². The van der Waals surface area contributed by atoms with Crippen LogP contribution in [0.1, 0.15) is 46.5 Å². The number of rotatable bonds is 3. The van der Waals surface area contributed by atoms with Crippen molar-refractivity contribution in [3.63, 3.8) is 0 Å². The first-order valence-corrected chi connectivity index (χ1v) is 7.07. The zero-order valence-corrected chi connectivity index (χ0v) is 12.6. The zero-order chi connectivity index (χ0) is 16.3. The number of piperidine rings is 1. The molecule has 21 heavy (non-hydrogen) atoms. The molecule has 1 aliphatic rings. The molecule has 7 heteroatoms. The lowest BCUT2D eigenvalue weighted by molar-refractivity contribution is -0.171. The predicted molar refractivity (Wildman–Crippen MR) is 70.8 cm³/mol. The highest BCUT2D eigenvalue weighted by Crippen LogP contribution is 2.26. The predicted octanol–water partition coefficient (Wildman–Crippen LogP) is 3.55. The van der Waals surface area contributed by atoms with Crippen molar-refractivity contribution in [2.75, 3.05) is 13.1 Å². The number of Topliss-reactive ketones (excluding diaryl/α,β-unsaturated/α-hetero) is 1. The quantitative estimate of drug-likeness (QED) is 0.801. The number of hydrogen-bond acceptors (Lipinski definition) is 3. The van der Waals surface area contributed by atoms with E-state index in [0.29, 0.717) is 25.9 Å². The van der Waals surface area contributed by atoms with Crippen LogP contribution in [0.25, 0.3) is 0 Å². The fraction of sp³-hybridized carbons (Fsp3) is 0.857. The second-order valence-electron chi connectivity index (χ2n) is 6.37. The van der Waals surface area contributed by atoms with E-state index >= 15 is 0 Å². The first-order chi connectivity index (χ1) is 9.49. The van der Waals surface area contributed by atoms with Crippen LogP contribution in [0.2, 0.25) is 0 Å². The molecular formula is C14H22F3NO3. The Morgan fingerprint density at radius 2 is 1.67 bits per heavy atom. The molecule has 1 amide bonds. The van der Waals surface area contributed by atoms with Crippen molar-refractivity contribution in [1.29, 1.82) is 0 Å². The van der Waals surface area contributed by atoms with Gasteiger partial charge in [0.25, 0.3) is 0 Å². The van der Waals surface area contributed by atoms with Crippen molar-refractivity contribution in [1.82, 2.24) is 4.90 Å². The van der Waals surface area contributed by atoms with Crippen molar-refractivity contribution in [3.05, 3.63) is 0 Å². The Morgan fingerprint density at radius 1 is 1.14 bits per heavy atom. The standard InChI is InChI=1S/C14H22F3NO3/c1-13(2,3)21-12(20)18-8-6-10(7-9-18)4-5-11(19)14(15,16)17/h10H,4-9H2,1-3H3. The van der Waals surface area contributed by atoms with E-state index in [4.69, 9.17) is 4.74 Å². The highest BCUT2D eigenvalue weighted by atomic mass is 19.4. The lowest BCUT2D eigenvalue weighted by atomic mass is 9.91. The van der Waals surface area contributed by atoms with Gasteiger partial charge in [-0.2, -0.15) is 13.2 Å². The average Bonchev–Trinajstić information content (AvgIpc) is 2.33. The summed E-state index contributed by atoms with van der Waals surface area (Å²) in [7, 11) is 0. The molecule has 0 N–H and O–H groups in total. The third-order valence-corrected chi connectivity index (χ3v) is 3.36. The van der Waals surface area contributed by atoms with Crippen molar-refractivity contribution in [2.24, 2.45) is 5.92 Å². The van der Waals surface area contributed by atoms with E-state index in [1.165, 1.54) is 0 Å². The molecule has 1 aliphatic heterocycles. The fourth-order valence-electron chi connectivity index (χ4n) is 2.21. The van der Waals surface area contributed by atoms with E-state index in [2.05, 4.69) is 0 Å². The van der Waals surface area contributed by atoms with Crippen molar-refractivity contribution in [2.45, 2.75) is 58.2 Å². The molecule has 1 saturated heterocycles. The van der Waals surface area contributed by atoms with Gasteiger partial charge in [0.15, 0.2) is 0 Å². The maximum atomic E-state index is 12.1. The van der Waals surface area contributed by atoms with Crippen molar-refractivity contribution < 1.29 is 27.5 Å². The van der Waals surface area contributed by atoms with Gasteiger partial charge in [-0.15, -0.1) is 0 Å². The van der Waals surface area contributed by atoms with Crippen LogP contribution in [0, 0.1) is 5.92 Å². The number of carbonyl (C=O) groups is 2. The number of likely N-dealkylation sites (tertiary alicyclic amines) is 1. The number of hydrogen-bond donors (Lipinski definition) is 0. The molecule has 1 rings (SSSR count). The molecule has 0 unspecified atom stereocenters. The summed E-state index contributed by atoms with van der Waals surface area (Å²) < 4.78 is 41.6. The van der Waals surface area contributed by atoms with Gasteiger partial charge in [0.05, 0.1) is 0 Å². The molecular weight excluding hydrogens is 287 g/mol. The van der Waals surface area contributed by atoms with Gasteiger partial charge >= 0.3 is 12.3 Å². The van der Waals surface area contributed by atoms with Gasteiger partial charge in [0.1, 0.15) is 5.60 Å². The molecule has 122 valence electrons. The second kappa shape index (κ2) is 6.66. The molecule has 0 spiro atoms. The SMILES string of the molecule is CC(C)(C)OC(=O)N1CCC(CCC(=O)C(F)(F)F)CC1. The van der Waals surface area contributed by atoms with Crippen LogP contribution < -0.4 is 0 Å². The van der Waals surface area contributed by atoms with Gasteiger partial charge < -0.3 is 9.64 Å². The number of halogens is 3. The summed E-state index contributed by atoms with van der Waals surface area (Å²) in [5, 5.41) is 0. The number of nitrogens with zero attached hydrogens (tertiary/aromatic N) is 1. The minimum absolute atomic E-state index is 0.0509. The van der Waals surface area contributed by atoms with Crippen LogP contribution >= 0.6 is 0 Å². The number of amides is 1. The number of ketones is 1. The molecule has 4 nitrogen and oxygen atoms in total. The molecule has 1 heterocycles. The maximum Gasteiger partial charge on any atom is 0.449 e. The van der Waals surface area contributed by atoms with E-state index in [-0.39, 0.29) is 12.3 Å².